The standard InChI is InChI=1S/C15H28N2O3/c1-5-6-7-8-12(16)13-11-19-10-9-17(13)14(18)20-15(2,3)4/h5,12-13H,1,6-11,16H2,2-4H3. The Hall–Kier alpha value is -1.07. The Labute approximate surface area is 122 Å². The van der Waals surface area contributed by atoms with Crippen molar-refractivity contribution in [3.63, 3.8) is 0 Å². The third-order valence-electron chi connectivity index (χ3n) is 3.23. The number of nitrogens with two attached hydrogens (primary N) is 1. The summed E-state index contributed by atoms with van der Waals surface area (Å²) >= 11 is 0. The largest absolute Gasteiger partial charge is 0.444 e. The van der Waals surface area contributed by atoms with Gasteiger partial charge in [-0.3, -0.25) is 4.90 Å². The van der Waals surface area contributed by atoms with E-state index >= 15 is 0 Å². The molecule has 0 aliphatic carbocycles. The normalized spacial score (nSPS) is 21.4. The van der Waals surface area contributed by atoms with Crippen LogP contribution in [-0.2, 0) is 9.47 Å². The third-order valence-corrected chi connectivity index (χ3v) is 3.23. The minimum Gasteiger partial charge on any atom is -0.444 e. The van der Waals surface area contributed by atoms with Crippen molar-refractivity contribution in [2.45, 2.75) is 57.7 Å². The van der Waals surface area contributed by atoms with E-state index in [0.717, 1.165) is 19.3 Å². The Morgan fingerprint density at radius 1 is 1.60 bits per heavy atom. The number of nitrogens with zero attached hydrogens (tertiary/aromatic N) is 1. The van der Waals surface area contributed by atoms with Crippen LogP contribution in [-0.4, -0.2) is 48.4 Å². The SMILES string of the molecule is C=CCCCC(N)C1COCCN1C(=O)OC(C)(C)C. The van der Waals surface area contributed by atoms with Crippen molar-refractivity contribution in [3.05, 3.63) is 12.7 Å². The molecule has 1 rings (SSSR count). The minimum atomic E-state index is -0.493. The number of ether oxygens (including phenoxy) is 2. The first-order valence-electron chi connectivity index (χ1n) is 7.29. The van der Waals surface area contributed by atoms with Gasteiger partial charge in [-0.25, -0.2) is 4.79 Å². The van der Waals surface area contributed by atoms with Gasteiger partial charge in [0.1, 0.15) is 5.60 Å². The molecule has 116 valence electrons. The van der Waals surface area contributed by atoms with Gasteiger partial charge in [-0.15, -0.1) is 6.58 Å². The molecule has 2 unspecified atom stereocenters. The summed E-state index contributed by atoms with van der Waals surface area (Å²) in [5.74, 6) is 0. The molecular formula is C15H28N2O3. The van der Waals surface area contributed by atoms with Gasteiger partial charge in [0.05, 0.1) is 19.3 Å². The molecule has 0 aromatic heterocycles. The van der Waals surface area contributed by atoms with Gasteiger partial charge in [0.2, 0.25) is 0 Å². The quantitative estimate of drug-likeness (QED) is 0.621. The van der Waals surface area contributed by atoms with Crippen LogP contribution < -0.4 is 5.73 Å². The molecule has 1 saturated heterocycles. The summed E-state index contributed by atoms with van der Waals surface area (Å²) in [6.07, 6.45) is 4.34. The van der Waals surface area contributed by atoms with E-state index in [1.807, 2.05) is 26.8 Å². The first kappa shape index (κ1) is 17.0. The molecule has 0 saturated carbocycles. The van der Waals surface area contributed by atoms with Crippen LogP contribution in [0.3, 0.4) is 0 Å². The molecule has 0 bridgehead atoms. The lowest BCUT2D eigenvalue weighted by molar-refractivity contribution is -0.0385. The van der Waals surface area contributed by atoms with Gasteiger partial charge >= 0.3 is 6.09 Å². The summed E-state index contributed by atoms with van der Waals surface area (Å²) in [4.78, 5) is 14.0. The van der Waals surface area contributed by atoms with Crippen LogP contribution in [0.25, 0.3) is 0 Å². The Morgan fingerprint density at radius 2 is 2.30 bits per heavy atom. The molecule has 1 amide bonds. The van der Waals surface area contributed by atoms with Gasteiger partial charge in [-0.05, 0) is 40.0 Å². The molecule has 1 aliphatic rings. The molecule has 2 N–H and O–H groups in total. The average molecular weight is 284 g/mol. The molecule has 2 atom stereocenters. The highest BCUT2D eigenvalue weighted by molar-refractivity contribution is 5.68. The molecular weight excluding hydrogens is 256 g/mol. The molecule has 1 aliphatic heterocycles. The number of amides is 1. The maximum atomic E-state index is 12.2. The van der Waals surface area contributed by atoms with E-state index in [4.69, 9.17) is 15.2 Å². The summed E-state index contributed by atoms with van der Waals surface area (Å²) in [6.45, 7) is 10.9. The van der Waals surface area contributed by atoms with Gasteiger partial charge < -0.3 is 15.2 Å². The molecule has 1 heterocycles. The minimum absolute atomic E-state index is 0.0947. The van der Waals surface area contributed by atoms with Crippen molar-refractivity contribution in [2.75, 3.05) is 19.8 Å². The zero-order chi connectivity index (χ0) is 15.2. The van der Waals surface area contributed by atoms with Gasteiger partial charge in [-0.1, -0.05) is 6.08 Å². The number of carbonyl (C=O) groups excluding carboxylic acids is 1. The first-order valence-corrected chi connectivity index (χ1v) is 7.29. The second-order valence-electron chi connectivity index (χ2n) is 6.20. The van der Waals surface area contributed by atoms with Gasteiger partial charge in [0.25, 0.3) is 0 Å². The van der Waals surface area contributed by atoms with E-state index in [1.165, 1.54) is 0 Å². The van der Waals surface area contributed by atoms with Gasteiger partial charge in [0.15, 0.2) is 0 Å². The van der Waals surface area contributed by atoms with Crippen LogP contribution in [0.1, 0.15) is 40.0 Å². The summed E-state index contributed by atoms with van der Waals surface area (Å²) in [7, 11) is 0. The Balaban J connectivity index is 2.61. The van der Waals surface area contributed by atoms with Crippen LogP contribution in [0.5, 0.6) is 0 Å². The zero-order valence-electron chi connectivity index (χ0n) is 12.9. The predicted octanol–water partition coefficient (Wildman–Crippen LogP) is 2.31. The number of morpholine rings is 1. The topological polar surface area (TPSA) is 64.8 Å². The zero-order valence-corrected chi connectivity index (χ0v) is 12.9. The summed E-state index contributed by atoms with van der Waals surface area (Å²) in [5, 5.41) is 0. The smallest absolute Gasteiger partial charge is 0.410 e. The molecule has 20 heavy (non-hydrogen) atoms. The summed E-state index contributed by atoms with van der Waals surface area (Å²) in [5.41, 5.74) is 5.72. The lowest BCUT2D eigenvalue weighted by Crippen LogP contribution is -2.57. The van der Waals surface area contributed by atoms with E-state index < -0.39 is 5.60 Å². The Bertz CT molecular complexity index is 326. The van der Waals surface area contributed by atoms with Crippen molar-refractivity contribution in [3.8, 4) is 0 Å². The molecule has 5 heteroatoms. The second kappa shape index (κ2) is 7.64. The van der Waals surface area contributed by atoms with E-state index in [2.05, 4.69) is 6.58 Å². The van der Waals surface area contributed by atoms with E-state index in [1.54, 1.807) is 4.90 Å². The lowest BCUT2D eigenvalue weighted by atomic mass is 10.0. The second-order valence-corrected chi connectivity index (χ2v) is 6.20. The molecule has 0 radical (unpaired) electrons. The number of allylic oxidation sites excluding steroid dienone is 1. The number of rotatable bonds is 5. The number of carbonyl (C=O) groups is 1. The predicted molar refractivity (Wildman–Crippen MR) is 79.6 cm³/mol. The maximum Gasteiger partial charge on any atom is 0.410 e. The molecule has 5 nitrogen and oxygen atoms in total. The summed E-state index contributed by atoms with van der Waals surface area (Å²) in [6, 6.07) is -0.203. The highest BCUT2D eigenvalue weighted by Gasteiger charge is 2.34. The number of unbranched alkanes of at least 4 members (excludes halogenated alkanes) is 1. The number of hydrogen-bond donors (Lipinski definition) is 1. The molecule has 1 fully saturated rings. The molecule has 0 aromatic rings. The Morgan fingerprint density at radius 3 is 2.90 bits per heavy atom. The fourth-order valence-electron chi connectivity index (χ4n) is 2.22. The van der Waals surface area contributed by atoms with Crippen LogP contribution >= 0.6 is 0 Å². The van der Waals surface area contributed by atoms with Crippen molar-refractivity contribution in [1.29, 1.82) is 0 Å². The maximum absolute atomic E-state index is 12.2. The fraction of sp³-hybridized carbons (Fsp3) is 0.800. The van der Waals surface area contributed by atoms with Gasteiger partial charge in [-0.2, -0.15) is 0 Å². The lowest BCUT2D eigenvalue weighted by Gasteiger charge is -2.39. The fourth-order valence-corrected chi connectivity index (χ4v) is 2.22. The van der Waals surface area contributed by atoms with E-state index in [9.17, 15) is 4.79 Å². The third kappa shape index (κ3) is 5.51. The van der Waals surface area contributed by atoms with E-state index in [0.29, 0.717) is 19.8 Å². The van der Waals surface area contributed by atoms with Crippen molar-refractivity contribution in [2.24, 2.45) is 5.73 Å². The highest BCUT2D eigenvalue weighted by atomic mass is 16.6. The monoisotopic (exact) mass is 284 g/mol. The average Bonchev–Trinajstić information content (AvgIpc) is 2.37. The van der Waals surface area contributed by atoms with Crippen LogP contribution in [0.4, 0.5) is 4.79 Å². The van der Waals surface area contributed by atoms with Crippen molar-refractivity contribution in [1.82, 2.24) is 4.90 Å². The highest BCUT2D eigenvalue weighted by Crippen LogP contribution is 2.18. The van der Waals surface area contributed by atoms with E-state index in [-0.39, 0.29) is 18.2 Å². The van der Waals surface area contributed by atoms with Crippen LogP contribution in [0.2, 0.25) is 0 Å². The number of hydrogen-bond acceptors (Lipinski definition) is 4. The van der Waals surface area contributed by atoms with Crippen LogP contribution in [0, 0.1) is 0 Å². The van der Waals surface area contributed by atoms with Crippen LogP contribution in [0.15, 0.2) is 12.7 Å². The Kier molecular flexibility index (Phi) is 6.49. The first-order chi connectivity index (χ1) is 9.35. The van der Waals surface area contributed by atoms with Crippen molar-refractivity contribution < 1.29 is 14.3 Å². The molecule has 0 spiro atoms. The molecule has 0 aromatic carbocycles. The van der Waals surface area contributed by atoms with Crippen molar-refractivity contribution >= 4 is 6.09 Å². The summed E-state index contributed by atoms with van der Waals surface area (Å²) < 4.78 is 10.9. The van der Waals surface area contributed by atoms with Gasteiger partial charge in [0, 0.05) is 12.6 Å².